The Morgan fingerprint density at radius 2 is 1.53 bits per heavy atom. The third-order valence-corrected chi connectivity index (χ3v) is 3.40. The number of rotatable bonds is 8. The van der Waals surface area contributed by atoms with Gasteiger partial charge < -0.3 is 9.64 Å². The zero-order valence-electron chi connectivity index (χ0n) is 12.0. The van der Waals surface area contributed by atoms with E-state index in [-0.39, 0.29) is 0 Å². The minimum Gasteiger partial charge on any atom is -0.377 e. The lowest BCUT2D eigenvalue weighted by atomic mass is 10.2. The minimum atomic E-state index is 0.366. The van der Waals surface area contributed by atoms with E-state index in [2.05, 4.69) is 30.6 Å². The largest absolute Gasteiger partial charge is 0.377 e. The molecule has 1 aliphatic rings. The number of nitrogens with zero attached hydrogens (tertiary/aromatic N) is 2. The number of piperazine rings is 1. The Morgan fingerprint density at radius 3 is 2.06 bits per heavy atom. The van der Waals surface area contributed by atoms with E-state index in [1.165, 1.54) is 52.0 Å². The molecule has 1 fully saturated rings. The van der Waals surface area contributed by atoms with Crippen LogP contribution in [-0.4, -0.2) is 61.8 Å². The van der Waals surface area contributed by atoms with E-state index in [4.69, 9.17) is 4.74 Å². The Hall–Kier alpha value is -0.120. The van der Waals surface area contributed by atoms with Crippen molar-refractivity contribution >= 4 is 0 Å². The highest BCUT2D eigenvalue weighted by atomic mass is 16.5. The molecule has 0 atom stereocenters. The lowest BCUT2D eigenvalue weighted by Gasteiger charge is -2.34. The molecule has 3 heteroatoms. The third-order valence-electron chi connectivity index (χ3n) is 3.40. The Labute approximate surface area is 107 Å². The summed E-state index contributed by atoms with van der Waals surface area (Å²) < 4.78 is 5.60. The van der Waals surface area contributed by atoms with Crippen molar-refractivity contribution in [3.8, 4) is 0 Å². The molecule has 17 heavy (non-hydrogen) atoms. The fourth-order valence-corrected chi connectivity index (χ4v) is 2.24. The van der Waals surface area contributed by atoms with Gasteiger partial charge in [0, 0.05) is 32.7 Å². The van der Waals surface area contributed by atoms with Gasteiger partial charge >= 0.3 is 0 Å². The monoisotopic (exact) mass is 242 g/mol. The van der Waals surface area contributed by atoms with Gasteiger partial charge in [0.1, 0.15) is 0 Å². The van der Waals surface area contributed by atoms with E-state index in [1.54, 1.807) is 0 Å². The third kappa shape index (κ3) is 7.02. The fourth-order valence-electron chi connectivity index (χ4n) is 2.24. The maximum Gasteiger partial charge on any atom is 0.0596 e. The topological polar surface area (TPSA) is 15.7 Å². The summed E-state index contributed by atoms with van der Waals surface area (Å²) >= 11 is 0. The number of ether oxygens (including phenoxy) is 1. The zero-order valence-corrected chi connectivity index (χ0v) is 12.0. The van der Waals surface area contributed by atoms with Gasteiger partial charge in [-0.3, -0.25) is 4.90 Å². The van der Waals surface area contributed by atoms with E-state index >= 15 is 0 Å². The summed E-state index contributed by atoms with van der Waals surface area (Å²) in [6, 6.07) is 0. The molecule has 3 nitrogen and oxygen atoms in total. The average Bonchev–Trinajstić information content (AvgIpc) is 2.31. The van der Waals surface area contributed by atoms with E-state index in [0.717, 1.165) is 13.2 Å². The number of hydrogen-bond donors (Lipinski definition) is 0. The first kappa shape index (κ1) is 14.9. The maximum absolute atomic E-state index is 5.60. The van der Waals surface area contributed by atoms with Crippen molar-refractivity contribution < 1.29 is 4.74 Å². The molecule has 1 saturated heterocycles. The van der Waals surface area contributed by atoms with Crippen LogP contribution in [0.1, 0.15) is 40.0 Å². The Balaban J connectivity index is 2.01. The van der Waals surface area contributed by atoms with E-state index in [0.29, 0.717) is 6.10 Å². The van der Waals surface area contributed by atoms with Crippen LogP contribution >= 0.6 is 0 Å². The molecular formula is C14H30N2O. The molecule has 1 heterocycles. The quantitative estimate of drug-likeness (QED) is 0.607. The van der Waals surface area contributed by atoms with Crippen molar-refractivity contribution in [3.63, 3.8) is 0 Å². The van der Waals surface area contributed by atoms with E-state index in [9.17, 15) is 0 Å². The second-order valence-electron chi connectivity index (χ2n) is 5.31. The molecular weight excluding hydrogens is 212 g/mol. The number of unbranched alkanes of at least 4 members (excludes halogenated alkanes) is 2. The van der Waals surface area contributed by atoms with Crippen molar-refractivity contribution in [1.82, 2.24) is 9.80 Å². The van der Waals surface area contributed by atoms with Crippen LogP contribution in [-0.2, 0) is 4.74 Å². The minimum absolute atomic E-state index is 0.366. The van der Waals surface area contributed by atoms with Crippen molar-refractivity contribution in [1.29, 1.82) is 0 Å². The summed E-state index contributed by atoms with van der Waals surface area (Å²) in [5.41, 5.74) is 0. The van der Waals surface area contributed by atoms with Crippen LogP contribution in [0.4, 0.5) is 0 Å². The normalized spacial score (nSPS) is 19.1. The zero-order chi connectivity index (χ0) is 12.5. The van der Waals surface area contributed by atoms with Gasteiger partial charge in [0.25, 0.3) is 0 Å². The SMILES string of the molecule is CCCCCN1CCN(CCOC(C)C)CC1. The second kappa shape index (κ2) is 8.90. The molecule has 0 unspecified atom stereocenters. The Kier molecular flexibility index (Phi) is 7.82. The predicted molar refractivity (Wildman–Crippen MR) is 73.5 cm³/mol. The molecule has 0 aliphatic carbocycles. The van der Waals surface area contributed by atoms with E-state index < -0.39 is 0 Å². The van der Waals surface area contributed by atoms with Crippen molar-refractivity contribution in [3.05, 3.63) is 0 Å². The lowest BCUT2D eigenvalue weighted by molar-refractivity contribution is 0.0446. The number of hydrogen-bond acceptors (Lipinski definition) is 3. The first-order valence-electron chi connectivity index (χ1n) is 7.28. The predicted octanol–water partition coefficient (Wildman–Crippen LogP) is 2.22. The Bertz CT molecular complexity index is 177. The molecule has 0 aromatic carbocycles. The first-order chi connectivity index (χ1) is 8.22. The molecule has 1 aliphatic heterocycles. The summed E-state index contributed by atoms with van der Waals surface area (Å²) in [5, 5.41) is 0. The van der Waals surface area contributed by atoms with E-state index in [1.807, 2.05) is 0 Å². The molecule has 0 saturated carbocycles. The van der Waals surface area contributed by atoms with Crippen molar-refractivity contribution in [2.45, 2.75) is 46.1 Å². The molecule has 0 amide bonds. The summed E-state index contributed by atoms with van der Waals surface area (Å²) in [6.07, 6.45) is 4.44. The Morgan fingerprint density at radius 1 is 0.941 bits per heavy atom. The van der Waals surface area contributed by atoms with Crippen LogP contribution in [0.3, 0.4) is 0 Å². The fraction of sp³-hybridized carbons (Fsp3) is 1.00. The molecule has 0 aromatic heterocycles. The maximum atomic E-state index is 5.60. The molecule has 102 valence electrons. The van der Waals surface area contributed by atoms with Crippen LogP contribution in [0.15, 0.2) is 0 Å². The standard InChI is InChI=1S/C14H30N2O/c1-4-5-6-7-15-8-10-16(11-9-15)12-13-17-14(2)3/h14H,4-13H2,1-3H3. The average molecular weight is 242 g/mol. The smallest absolute Gasteiger partial charge is 0.0596 e. The van der Waals surface area contributed by atoms with Crippen molar-refractivity contribution in [2.75, 3.05) is 45.9 Å². The van der Waals surface area contributed by atoms with Gasteiger partial charge in [0.05, 0.1) is 12.7 Å². The van der Waals surface area contributed by atoms with Gasteiger partial charge in [-0.25, -0.2) is 0 Å². The molecule has 1 rings (SSSR count). The van der Waals surface area contributed by atoms with Gasteiger partial charge in [-0.15, -0.1) is 0 Å². The summed E-state index contributed by atoms with van der Waals surface area (Å²) in [4.78, 5) is 5.13. The van der Waals surface area contributed by atoms with Gasteiger partial charge in [-0.2, -0.15) is 0 Å². The summed E-state index contributed by atoms with van der Waals surface area (Å²) in [5.74, 6) is 0. The van der Waals surface area contributed by atoms with Gasteiger partial charge in [0.15, 0.2) is 0 Å². The molecule has 0 bridgehead atoms. The molecule has 0 N–H and O–H groups in total. The van der Waals surface area contributed by atoms with Gasteiger partial charge in [-0.05, 0) is 26.8 Å². The highest BCUT2D eigenvalue weighted by molar-refractivity contribution is 4.71. The van der Waals surface area contributed by atoms with Crippen molar-refractivity contribution in [2.24, 2.45) is 0 Å². The lowest BCUT2D eigenvalue weighted by Crippen LogP contribution is -2.47. The van der Waals surface area contributed by atoms with Crippen LogP contribution in [0.5, 0.6) is 0 Å². The summed E-state index contributed by atoms with van der Waals surface area (Å²) in [6.45, 7) is 14.7. The van der Waals surface area contributed by atoms with Gasteiger partial charge in [-0.1, -0.05) is 19.8 Å². The van der Waals surface area contributed by atoms with Crippen LogP contribution < -0.4 is 0 Å². The molecule has 0 spiro atoms. The second-order valence-corrected chi connectivity index (χ2v) is 5.31. The van der Waals surface area contributed by atoms with Crippen LogP contribution in [0.2, 0.25) is 0 Å². The molecule has 0 aromatic rings. The van der Waals surface area contributed by atoms with Crippen LogP contribution in [0, 0.1) is 0 Å². The van der Waals surface area contributed by atoms with Gasteiger partial charge in [0.2, 0.25) is 0 Å². The first-order valence-corrected chi connectivity index (χ1v) is 7.28. The highest BCUT2D eigenvalue weighted by Gasteiger charge is 2.15. The highest BCUT2D eigenvalue weighted by Crippen LogP contribution is 2.04. The molecule has 0 radical (unpaired) electrons. The van der Waals surface area contributed by atoms with Crippen LogP contribution in [0.25, 0.3) is 0 Å². The summed E-state index contributed by atoms with van der Waals surface area (Å²) in [7, 11) is 0.